The van der Waals surface area contributed by atoms with E-state index in [1.165, 1.54) is 48.6 Å². The lowest BCUT2D eigenvalue weighted by molar-refractivity contribution is 0.445. The third kappa shape index (κ3) is 2.84. The first-order chi connectivity index (χ1) is 11.8. The maximum Gasteiger partial charge on any atom is 0.0727 e. The first kappa shape index (κ1) is 15.7. The van der Waals surface area contributed by atoms with E-state index < -0.39 is 0 Å². The molecule has 1 saturated carbocycles. The van der Waals surface area contributed by atoms with Crippen LogP contribution in [-0.2, 0) is 0 Å². The van der Waals surface area contributed by atoms with Gasteiger partial charge in [-0.25, -0.2) is 4.98 Å². The summed E-state index contributed by atoms with van der Waals surface area (Å²) >= 11 is 6.32. The van der Waals surface area contributed by atoms with E-state index in [4.69, 9.17) is 16.6 Å². The van der Waals surface area contributed by atoms with E-state index in [1.54, 1.807) is 0 Å². The molecule has 2 aliphatic rings. The zero-order valence-electron chi connectivity index (χ0n) is 14.1. The minimum atomic E-state index is 0.614. The Hall–Kier alpha value is -1.80. The lowest BCUT2D eigenvalue weighted by Gasteiger charge is -2.26. The molecule has 1 aliphatic carbocycles. The molecule has 0 saturated heterocycles. The summed E-state index contributed by atoms with van der Waals surface area (Å²) in [5.74, 6) is 0.614. The quantitative estimate of drug-likeness (QED) is 0.646. The average molecular weight is 339 g/mol. The van der Waals surface area contributed by atoms with Gasteiger partial charge in [-0.1, -0.05) is 30.9 Å². The number of aromatic nitrogens is 1. The lowest BCUT2D eigenvalue weighted by Crippen LogP contribution is -2.09. The summed E-state index contributed by atoms with van der Waals surface area (Å²) in [4.78, 5) is 7.12. The molecule has 0 atom stereocenters. The second-order valence-electron chi connectivity index (χ2n) is 6.78. The maximum atomic E-state index is 6.32. The fourth-order valence-corrected chi connectivity index (χ4v) is 4.20. The van der Waals surface area contributed by atoms with Crippen LogP contribution in [0.1, 0.15) is 61.8 Å². The highest BCUT2D eigenvalue weighted by Gasteiger charge is 2.23. The third-order valence-corrected chi connectivity index (χ3v) is 5.53. The molecule has 0 spiro atoms. The molecule has 0 unspecified atom stereocenters. The van der Waals surface area contributed by atoms with Crippen LogP contribution < -0.4 is 0 Å². The van der Waals surface area contributed by atoms with Gasteiger partial charge >= 0.3 is 0 Å². The Kier molecular flexibility index (Phi) is 4.32. The molecule has 1 aliphatic heterocycles. The van der Waals surface area contributed by atoms with Crippen molar-refractivity contribution >= 4 is 34.7 Å². The minimum Gasteiger partial charge on any atom is -0.354 e. The molecule has 1 fully saturated rings. The molecule has 124 valence electrons. The van der Waals surface area contributed by atoms with Crippen molar-refractivity contribution in [1.82, 2.24) is 9.88 Å². The topological polar surface area (TPSA) is 16.1 Å². The van der Waals surface area contributed by atoms with E-state index in [2.05, 4.69) is 48.5 Å². The van der Waals surface area contributed by atoms with Gasteiger partial charge in [0, 0.05) is 34.9 Å². The summed E-state index contributed by atoms with van der Waals surface area (Å²) in [5, 5.41) is 2.03. The van der Waals surface area contributed by atoms with Crippen molar-refractivity contribution in [2.75, 3.05) is 6.54 Å². The molecule has 0 amide bonds. The molecule has 24 heavy (non-hydrogen) atoms. The number of halogens is 1. The monoisotopic (exact) mass is 338 g/mol. The van der Waals surface area contributed by atoms with Crippen LogP contribution in [0.2, 0.25) is 5.02 Å². The van der Waals surface area contributed by atoms with E-state index >= 15 is 0 Å². The summed E-state index contributed by atoms with van der Waals surface area (Å²) in [6, 6.07) is 6.11. The average Bonchev–Trinajstić information content (AvgIpc) is 2.82. The number of pyridine rings is 1. The fraction of sp³-hybridized carbons (Fsp3) is 0.381. The van der Waals surface area contributed by atoms with E-state index in [9.17, 15) is 0 Å². The van der Waals surface area contributed by atoms with Crippen LogP contribution in [0.3, 0.4) is 0 Å². The van der Waals surface area contributed by atoms with Crippen LogP contribution >= 0.6 is 11.6 Å². The van der Waals surface area contributed by atoms with E-state index in [0.29, 0.717) is 5.92 Å². The summed E-state index contributed by atoms with van der Waals surface area (Å²) in [6.07, 6.45) is 15.3. The van der Waals surface area contributed by atoms with Gasteiger partial charge in [0.2, 0.25) is 0 Å². The van der Waals surface area contributed by atoms with E-state index in [-0.39, 0.29) is 0 Å². The predicted molar refractivity (Wildman–Crippen MR) is 103 cm³/mol. The van der Waals surface area contributed by atoms with Crippen molar-refractivity contribution in [3.63, 3.8) is 0 Å². The molecule has 2 heterocycles. The fourth-order valence-electron chi connectivity index (χ4n) is 4.02. The van der Waals surface area contributed by atoms with Gasteiger partial charge in [0.1, 0.15) is 0 Å². The van der Waals surface area contributed by atoms with Gasteiger partial charge in [-0.15, -0.1) is 0 Å². The predicted octanol–water partition coefficient (Wildman–Crippen LogP) is 6.21. The van der Waals surface area contributed by atoms with E-state index in [1.807, 2.05) is 6.07 Å². The Labute approximate surface area is 148 Å². The number of hydrogen-bond acceptors (Lipinski definition) is 2. The zero-order valence-corrected chi connectivity index (χ0v) is 14.9. The van der Waals surface area contributed by atoms with Crippen molar-refractivity contribution in [2.24, 2.45) is 0 Å². The minimum absolute atomic E-state index is 0.614. The molecular weight excluding hydrogens is 316 g/mol. The number of hydrogen-bond donors (Lipinski definition) is 0. The smallest absolute Gasteiger partial charge is 0.0727 e. The number of rotatable bonds is 2. The largest absolute Gasteiger partial charge is 0.354 e. The second kappa shape index (κ2) is 6.60. The molecular formula is C21H23ClN2. The molecule has 2 nitrogen and oxygen atoms in total. The van der Waals surface area contributed by atoms with Gasteiger partial charge in [-0.3, -0.25) is 0 Å². The van der Waals surface area contributed by atoms with Crippen LogP contribution in [0.4, 0.5) is 0 Å². The number of nitrogens with zero attached hydrogens (tertiary/aromatic N) is 2. The standard InChI is InChI=1S/C21H23ClN2/c1-2-24-12-10-17-20(11-13-24)23-19-9-8-16(22)14-18(19)21(17)15-6-4-3-5-7-15/h8-15H,2-7H2,1H3. The van der Waals surface area contributed by atoms with Crippen molar-refractivity contribution in [2.45, 2.75) is 44.9 Å². The van der Waals surface area contributed by atoms with Crippen LogP contribution in [0.5, 0.6) is 0 Å². The highest BCUT2D eigenvalue weighted by atomic mass is 35.5. The molecule has 1 aromatic carbocycles. The molecule has 0 radical (unpaired) electrons. The summed E-state index contributed by atoms with van der Waals surface area (Å²) < 4.78 is 0. The van der Waals surface area contributed by atoms with Gasteiger partial charge in [0.15, 0.2) is 0 Å². The van der Waals surface area contributed by atoms with Gasteiger partial charge in [0.25, 0.3) is 0 Å². The number of fused-ring (bicyclic) bond motifs is 2. The van der Waals surface area contributed by atoms with Crippen molar-refractivity contribution < 1.29 is 0 Å². The van der Waals surface area contributed by atoms with Crippen LogP contribution in [0.15, 0.2) is 30.6 Å². The maximum absolute atomic E-state index is 6.32. The second-order valence-corrected chi connectivity index (χ2v) is 7.22. The van der Waals surface area contributed by atoms with E-state index in [0.717, 1.165) is 22.8 Å². The van der Waals surface area contributed by atoms with Crippen molar-refractivity contribution in [3.8, 4) is 0 Å². The van der Waals surface area contributed by atoms with Crippen LogP contribution in [0, 0.1) is 0 Å². The molecule has 3 heteroatoms. The Morgan fingerprint density at radius 1 is 1.12 bits per heavy atom. The van der Waals surface area contributed by atoms with Gasteiger partial charge in [0.05, 0.1) is 11.2 Å². The Morgan fingerprint density at radius 3 is 2.71 bits per heavy atom. The Bertz CT molecular complexity index is 816. The van der Waals surface area contributed by atoms with Crippen LogP contribution in [-0.4, -0.2) is 16.4 Å². The van der Waals surface area contributed by atoms with Crippen molar-refractivity contribution in [3.05, 3.63) is 52.4 Å². The van der Waals surface area contributed by atoms with Crippen LogP contribution in [0.25, 0.3) is 23.1 Å². The van der Waals surface area contributed by atoms with Gasteiger partial charge < -0.3 is 4.90 Å². The molecule has 1 aromatic heterocycles. The van der Waals surface area contributed by atoms with Gasteiger partial charge in [-0.05, 0) is 61.6 Å². The lowest BCUT2D eigenvalue weighted by atomic mass is 9.80. The Morgan fingerprint density at radius 2 is 1.92 bits per heavy atom. The molecule has 0 bridgehead atoms. The first-order valence-electron chi connectivity index (χ1n) is 9.01. The highest BCUT2D eigenvalue weighted by Crippen LogP contribution is 2.40. The zero-order chi connectivity index (χ0) is 16.5. The SMILES string of the molecule is CCN1C=Cc2nc3ccc(Cl)cc3c(C3CCCCC3)c2C=C1. The number of benzene rings is 1. The summed E-state index contributed by atoms with van der Waals surface area (Å²) in [5.41, 5.74) is 4.87. The van der Waals surface area contributed by atoms with Crippen molar-refractivity contribution in [1.29, 1.82) is 0 Å². The third-order valence-electron chi connectivity index (χ3n) is 5.29. The molecule has 0 N–H and O–H groups in total. The summed E-state index contributed by atoms with van der Waals surface area (Å²) in [6.45, 7) is 3.13. The summed E-state index contributed by atoms with van der Waals surface area (Å²) in [7, 11) is 0. The molecule has 4 rings (SSSR count). The highest BCUT2D eigenvalue weighted by molar-refractivity contribution is 6.31. The first-order valence-corrected chi connectivity index (χ1v) is 9.39. The molecule has 2 aromatic rings. The Balaban J connectivity index is 1.97. The normalized spacial score (nSPS) is 18.0. The van der Waals surface area contributed by atoms with Gasteiger partial charge in [-0.2, -0.15) is 0 Å².